The lowest BCUT2D eigenvalue weighted by molar-refractivity contribution is -0.139. The molecule has 34 heavy (non-hydrogen) atoms. The van der Waals surface area contributed by atoms with Crippen LogP contribution in [-0.2, 0) is 11.2 Å². The number of amides is 3. The zero-order chi connectivity index (χ0) is 24.1. The van der Waals surface area contributed by atoms with Crippen LogP contribution in [0.5, 0.6) is 0 Å². The van der Waals surface area contributed by atoms with Gasteiger partial charge in [0.2, 0.25) is 0 Å². The number of urea groups is 1. The topological polar surface area (TPSA) is 136 Å². The van der Waals surface area contributed by atoms with Gasteiger partial charge < -0.3 is 26.0 Å². The molecule has 172 valence electrons. The highest BCUT2D eigenvalue weighted by Gasteiger charge is 2.24. The molecule has 1 heterocycles. The van der Waals surface area contributed by atoms with E-state index >= 15 is 0 Å². The van der Waals surface area contributed by atoms with Gasteiger partial charge in [-0.3, -0.25) is 4.79 Å². The fraction of sp³-hybridized carbons (Fsp3) is 0.0833. The van der Waals surface area contributed by atoms with E-state index in [1.54, 1.807) is 36.4 Å². The molecule has 0 aliphatic carbocycles. The largest absolute Gasteiger partial charge is 0.480 e. The molecule has 3 amide bonds. The van der Waals surface area contributed by atoms with Gasteiger partial charge in [-0.25, -0.2) is 14.6 Å². The first-order chi connectivity index (χ1) is 16.4. The van der Waals surface area contributed by atoms with Crippen molar-refractivity contribution in [3.05, 3.63) is 89.5 Å². The van der Waals surface area contributed by atoms with Crippen LogP contribution in [-0.4, -0.2) is 39.0 Å². The predicted molar refractivity (Wildman–Crippen MR) is 129 cm³/mol. The number of carboxylic acid groups (broad SMARTS) is 1. The van der Waals surface area contributed by atoms with E-state index in [-0.39, 0.29) is 17.7 Å². The van der Waals surface area contributed by atoms with Gasteiger partial charge in [-0.05, 0) is 35.0 Å². The van der Waals surface area contributed by atoms with Crippen molar-refractivity contribution in [2.45, 2.75) is 12.5 Å². The van der Waals surface area contributed by atoms with Crippen molar-refractivity contribution in [3.63, 3.8) is 0 Å². The summed E-state index contributed by atoms with van der Waals surface area (Å²) in [7, 11) is 0. The van der Waals surface area contributed by atoms with E-state index in [1.807, 2.05) is 24.3 Å². The van der Waals surface area contributed by atoms with E-state index in [0.29, 0.717) is 16.4 Å². The number of halogens is 1. The quantitative estimate of drug-likeness (QED) is 0.270. The molecule has 0 spiro atoms. The van der Waals surface area contributed by atoms with Crippen molar-refractivity contribution in [3.8, 4) is 0 Å². The predicted octanol–water partition coefficient (Wildman–Crippen LogP) is 4.29. The summed E-state index contributed by atoms with van der Waals surface area (Å²) in [5.74, 6) is -1.85. The maximum Gasteiger partial charge on any atom is 0.326 e. The van der Waals surface area contributed by atoms with Gasteiger partial charge in [-0.15, -0.1) is 0 Å². The van der Waals surface area contributed by atoms with Gasteiger partial charge in [0.15, 0.2) is 0 Å². The van der Waals surface area contributed by atoms with Crippen molar-refractivity contribution < 1.29 is 19.5 Å². The molecular weight excluding hydrogens is 458 g/mol. The lowest BCUT2D eigenvalue weighted by atomic mass is 10.0. The van der Waals surface area contributed by atoms with Crippen LogP contribution < -0.4 is 16.0 Å². The fourth-order valence-electron chi connectivity index (χ4n) is 3.42. The Bertz CT molecular complexity index is 1360. The number of H-pyrrole nitrogens is 1. The number of fused-ring (bicyclic) bond motifs is 1. The highest BCUT2D eigenvalue weighted by atomic mass is 35.5. The summed E-state index contributed by atoms with van der Waals surface area (Å²) in [4.78, 5) is 44.3. The number of aromatic amines is 1. The summed E-state index contributed by atoms with van der Waals surface area (Å²) >= 11 is 6.11. The molecule has 0 radical (unpaired) electrons. The molecule has 0 aliphatic rings. The van der Waals surface area contributed by atoms with E-state index in [9.17, 15) is 19.5 Å². The molecule has 0 unspecified atom stereocenters. The molecule has 1 aromatic heterocycles. The monoisotopic (exact) mass is 477 g/mol. The highest BCUT2D eigenvalue weighted by Crippen LogP contribution is 2.26. The number of para-hydroxylation sites is 1. The zero-order valence-electron chi connectivity index (χ0n) is 17.7. The molecule has 0 saturated heterocycles. The van der Waals surface area contributed by atoms with Gasteiger partial charge in [0.25, 0.3) is 5.91 Å². The van der Waals surface area contributed by atoms with Crippen LogP contribution in [0.3, 0.4) is 0 Å². The maximum atomic E-state index is 13.2. The third-order valence-corrected chi connectivity index (χ3v) is 5.41. The number of hydrogen-bond acceptors (Lipinski definition) is 4. The molecule has 9 nitrogen and oxygen atoms in total. The minimum atomic E-state index is -1.20. The number of carbonyl (C=O) groups is 3. The molecular formula is C24H20ClN5O4. The van der Waals surface area contributed by atoms with E-state index in [1.165, 1.54) is 12.5 Å². The van der Waals surface area contributed by atoms with Gasteiger partial charge in [0, 0.05) is 18.3 Å². The molecule has 1 atom stereocenters. The van der Waals surface area contributed by atoms with Crippen LogP contribution >= 0.6 is 11.6 Å². The number of carboxylic acids is 1. The van der Waals surface area contributed by atoms with Gasteiger partial charge in [0.05, 0.1) is 28.3 Å². The Labute approximate surface area is 199 Å². The Morgan fingerprint density at radius 1 is 0.971 bits per heavy atom. The minimum Gasteiger partial charge on any atom is -0.480 e. The Hall–Kier alpha value is -4.37. The minimum absolute atomic E-state index is 0.0183. The van der Waals surface area contributed by atoms with Gasteiger partial charge in [0.1, 0.15) is 6.04 Å². The SMILES string of the molecule is O=C(Nc1ccccc1Cl)Nc1cc2ccccc2cc1C(=O)N[C@@H](Cc1cnc[nH]1)C(=O)O. The van der Waals surface area contributed by atoms with E-state index in [2.05, 4.69) is 25.9 Å². The smallest absolute Gasteiger partial charge is 0.326 e. The number of hydrogen-bond donors (Lipinski definition) is 5. The summed E-state index contributed by atoms with van der Waals surface area (Å²) in [6, 6.07) is 15.5. The number of aromatic nitrogens is 2. The summed E-state index contributed by atoms with van der Waals surface area (Å²) in [5, 5.41) is 19.4. The third-order valence-electron chi connectivity index (χ3n) is 5.08. The van der Waals surface area contributed by atoms with Crippen molar-refractivity contribution in [2.24, 2.45) is 0 Å². The number of benzene rings is 3. The molecule has 3 aromatic carbocycles. The summed E-state index contributed by atoms with van der Waals surface area (Å²) < 4.78 is 0. The first-order valence-corrected chi connectivity index (χ1v) is 10.6. The number of nitrogens with one attached hydrogen (secondary N) is 4. The molecule has 10 heteroatoms. The number of aliphatic carboxylic acids is 1. The van der Waals surface area contributed by atoms with Gasteiger partial charge in [-0.1, -0.05) is 48.0 Å². The fourth-order valence-corrected chi connectivity index (χ4v) is 3.61. The Morgan fingerprint density at radius 2 is 1.65 bits per heavy atom. The van der Waals surface area contributed by atoms with Crippen LogP contribution in [0.2, 0.25) is 5.02 Å². The average molecular weight is 478 g/mol. The normalized spacial score (nSPS) is 11.6. The number of imidazole rings is 1. The number of rotatable bonds is 7. The van der Waals surface area contributed by atoms with Crippen LogP contribution in [0.25, 0.3) is 10.8 Å². The summed E-state index contributed by atoms with van der Waals surface area (Å²) in [5.41, 5.74) is 1.29. The average Bonchev–Trinajstić information content (AvgIpc) is 3.33. The maximum absolute atomic E-state index is 13.2. The number of nitrogens with zero attached hydrogens (tertiary/aromatic N) is 1. The van der Waals surface area contributed by atoms with Crippen molar-refractivity contribution in [1.82, 2.24) is 15.3 Å². The lowest BCUT2D eigenvalue weighted by Crippen LogP contribution is -2.42. The molecule has 0 fully saturated rings. The molecule has 0 saturated carbocycles. The first-order valence-electron chi connectivity index (χ1n) is 10.3. The Kier molecular flexibility index (Phi) is 6.74. The van der Waals surface area contributed by atoms with Crippen molar-refractivity contribution >= 4 is 51.7 Å². The lowest BCUT2D eigenvalue weighted by Gasteiger charge is -2.17. The molecule has 4 rings (SSSR count). The van der Waals surface area contributed by atoms with Crippen molar-refractivity contribution in [2.75, 3.05) is 10.6 Å². The second-order valence-electron chi connectivity index (χ2n) is 7.45. The highest BCUT2D eigenvalue weighted by molar-refractivity contribution is 6.33. The van der Waals surface area contributed by atoms with Gasteiger partial charge >= 0.3 is 12.0 Å². The Balaban J connectivity index is 1.61. The Morgan fingerprint density at radius 3 is 2.32 bits per heavy atom. The molecule has 4 aromatic rings. The second kappa shape index (κ2) is 10.1. The third kappa shape index (κ3) is 5.33. The number of anilines is 2. The standard InChI is InChI=1S/C24H20ClN5O4/c25-18-7-3-4-8-19(18)29-24(34)30-20-10-15-6-2-1-5-14(15)9-17(20)22(31)28-21(23(32)33)11-16-12-26-13-27-16/h1-10,12-13,21H,11H2,(H,26,27)(H,28,31)(H,32,33)(H2,29,30,34)/t21-/m0/s1. The first kappa shape index (κ1) is 22.8. The summed E-state index contributed by atoms with van der Waals surface area (Å²) in [6.07, 6.45) is 2.94. The van der Waals surface area contributed by atoms with Crippen LogP contribution in [0, 0.1) is 0 Å². The molecule has 5 N–H and O–H groups in total. The van der Waals surface area contributed by atoms with E-state index in [0.717, 1.165) is 10.8 Å². The molecule has 0 aliphatic heterocycles. The van der Waals surface area contributed by atoms with Crippen LogP contribution in [0.15, 0.2) is 73.2 Å². The zero-order valence-corrected chi connectivity index (χ0v) is 18.5. The van der Waals surface area contributed by atoms with Crippen LogP contribution in [0.1, 0.15) is 16.1 Å². The van der Waals surface area contributed by atoms with Crippen molar-refractivity contribution in [1.29, 1.82) is 0 Å². The van der Waals surface area contributed by atoms with Crippen LogP contribution in [0.4, 0.5) is 16.2 Å². The van der Waals surface area contributed by atoms with E-state index < -0.39 is 23.9 Å². The second-order valence-corrected chi connectivity index (χ2v) is 7.86. The number of carbonyl (C=O) groups excluding carboxylic acids is 2. The van der Waals surface area contributed by atoms with Gasteiger partial charge in [-0.2, -0.15) is 0 Å². The van der Waals surface area contributed by atoms with E-state index in [4.69, 9.17) is 11.6 Å². The molecule has 0 bridgehead atoms. The summed E-state index contributed by atoms with van der Waals surface area (Å²) in [6.45, 7) is 0.